The molecule has 0 aromatic carbocycles. The van der Waals surface area contributed by atoms with Gasteiger partial charge < -0.3 is 10.2 Å². The minimum atomic E-state index is 0.792. The predicted molar refractivity (Wildman–Crippen MR) is 60.0 cm³/mol. The van der Waals surface area contributed by atoms with Crippen molar-refractivity contribution in [3.63, 3.8) is 0 Å². The molecule has 0 aliphatic carbocycles. The van der Waals surface area contributed by atoms with E-state index in [-0.39, 0.29) is 0 Å². The van der Waals surface area contributed by atoms with Crippen molar-refractivity contribution in [1.82, 2.24) is 10.2 Å². The Morgan fingerprint density at radius 1 is 1.46 bits per heavy atom. The molecule has 0 rings (SSSR count). The second-order valence-corrected chi connectivity index (χ2v) is 4.20. The van der Waals surface area contributed by atoms with Gasteiger partial charge in [0.2, 0.25) is 0 Å². The summed E-state index contributed by atoms with van der Waals surface area (Å²) in [6, 6.07) is 0. The molecule has 0 atom stereocenters. The summed E-state index contributed by atoms with van der Waals surface area (Å²) in [5.74, 6) is 0.792. The predicted octanol–water partition coefficient (Wildman–Crippen LogP) is 1.74. The van der Waals surface area contributed by atoms with Crippen LogP contribution < -0.4 is 5.32 Å². The summed E-state index contributed by atoms with van der Waals surface area (Å²) in [6.07, 6.45) is 1.27. The normalized spacial score (nSPS) is 11.2. The lowest BCUT2D eigenvalue weighted by molar-refractivity contribution is 0.331. The fourth-order valence-corrected chi connectivity index (χ4v) is 1.25. The third-order valence-electron chi connectivity index (χ3n) is 2.01. The molecule has 0 radical (unpaired) electrons. The Balaban J connectivity index is 3.49. The third-order valence-corrected chi connectivity index (χ3v) is 2.01. The van der Waals surface area contributed by atoms with Crippen LogP contribution >= 0.6 is 0 Å². The monoisotopic (exact) mass is 184 g/mol. The van der Waals surface area contributed by atoms with E-state index in [0.29, 0.717) is 0 Å². The van der Waals surface area contributed by atoms with Crippen LogP contribution in [0.2, 0.25) is 0 Å². The second-order valence-electron chi connectivity index (χ2n) is 4.20. The molecule has 0 unspecified atom stereocenters. The van der Waals surface area contributed by atoms with Crippen molar-refractivity contribution >= 4 is 0 Å². The molecular weight excluding hydrogens is 160 g/mol. The fraction of sp³-hybridized carbons (Fsp3) is 0.818. The Morgan fingerprint density at radius 3 is 2.54 bits per heavy atom. The van der Waals surface area contributed by atoms with Crippen molar-refractivity contribution in [2.24, 2.45) is 5.92 Å². The topological polar surface area (TPSA) is 15.3 Å². The molecule has 13 heavy (non-hydrogen) atoms. The molecule has 2 nitrogen and oxygen atoms in total. The molecular formula is C11H24N2. The molecule has 0 heterocycles. The molecule has 1 N–H and O–H groups in total. The molecule has 0 aromatic heterocycles. The number of nitrogens with one attached hydrogen (secondary N) is 1. The summed E-state index contributed by atoms with van der Waals surface area (Å²) in [5, 5.41) is 3.11. The van der Waals surface area contributed by atoms with E-state index >= 15 is 0 Å². The summed E-state index contributed by atoms with van der Waals surface area (Å²) < 4.78 is 0. The first-order valence-corrected chi connectivity index (χ1v) is 5.06. The van der Waals surface area contributed by atoms with Crippen LogP contribution in [0.25, 0.3) is 0 Å². The van der Waals surface area contributed by atoms with Crippen LogP contribution in [-0.4, -0.2) is 38.6 Å². The average Bonchev–Trinajstić information content (AvgIpc) is 2.01. The van der Waals surface area contributed by atoms with Gasteiger partial charge in [0, 0.05) is 13.1 Å². The van der Waals surface area contributed by atoms with Gasteiger partial charge in [-0.05, 0) is 38.6 Å². The zero-order valence-electron chi connectivity index (χ0n) is 9.56. The standard InChI is InChI=1S/C11H24N2/c1-10(2)6-7-13(5)9-11(3)8-12-4/h10,12H,3,6-9H2,1-2,4-5H3. The van der Waals surface area contributed by atoms with Crippen LogP contribution in [0.3, 0.4) is 0 Å². The maximum absolute atomic E-state index is 4.01. The van der Waals surface area contributed by atoms with E-state index in [2.05, 4.69) is 37.7 Å². The van der Waals surface area contributed by atoms with E-state index in [1.54, 1.807) is 0 Å². The number of hydrogen-bond donors (Lipinski definition) is 1. The van der Waals surface area contributed by atoms with Gasteiger partial charge >= 0.3 is 0 Å². The number of hydrogen-bond acceptors (Lipinski definition) is 2. The smallest absolute Gasteiger partial charge is 0.0199 e. The van der Waals surface area contributed by atoms with Crippen molar-refractivity contribution in [3.05, 3.63) is 12.2 Å². The average molecular weight is 184 g/mol. The lowest BCUT2D eigenvalue weighted by atomic mass is 10.1. The highest BCUT2D eigenvalue weighted by atomic mass is 15.1. The largest absolute Gasteiger partial charge is 0.316 e. The highest BCUT2D eigenvalue weighted by molar-refractivity contribution is 4.98. The quantitative estimate of drug-likeness (QED) is 0.606. The van der Waals surface area contributed by atoms with E-state index in [1.807, 2.05) is 7.05 Å². The van der Waals surface area contributed by atoms with Gasteiger partial charge in [-0.2, -0.15) is 0 Å². The van der Waals surface area contributed by atoms with Crippen molar-refractivity contribution < 1.29 is 0 Å². The summed E-state index contributed by atoms with van der Waals surface area (Å²) >= 11 is 0. The maximum Gasteiger partial charge on any atom is 0.0199 e. The first kappa shape index (κ1) is 12.7. The van der Waals surface area contributed by atoms with Crippen LogP contribution in [-0.2, 0) is 0 Å². The fourth-order valence-electron chi connectivity index (χ4n) is 1.25. The molecule has 0 aliphatic heterocycles. The first-order valence-electron chi connectivity index (χ1n) is 5.06. The van der Waals surface area contributed by atoms with Gasteiger partial charge in [-0.3, -0.25) is 0 Å². The zero-order chi connectivity index (χ0) is 10.3. The van der Waals surface area contributed by atoms with Crippen molar-refractivity contribution in [2.45, 2.75) is 20.3 Å². The van der Waals surface area contributed by atoms with Crippen LogP contribution in [0, 0.1) is 5.92 Å². The van der Waals surface area contributed by atoms with Gasteiger partial charge in [0.05, 0.1) is 0 Å². The molecule has 0 spiro atoms. The van der Waals surface area contributed by atoms with E-state index in [0.717, 1.165) is 19.0 Å². The van der Waals surface area contributed by atoms with Crippen LogP contribution in [0.1, 0.15) is 20.3 Å². The SMILES string of the molecule is C=C(CNC)CN(C)CCC(C)C. The molecule has 0 fully saturated rings. The van der Waals surface area contributed by atoms with E-state index in [9.17, 15) is 0 Å². The summed E-state index contributed by atoms with van der Waals surface area (Å²) in [5.41, 5.74) is 1.26. The van der Waals surface area contributed by atoms with Crippen molar-refractivity contribution in [1.29, 1.82) is 0 Å². The Kier molecular flexibility index (Phi) is 6.92. The molecule has 0 saturated carbocycles. The van der Waals surface area contributed by atoms with Crippen LogP contribution in [0.5, 0.6) is 0 Å². The summed E-state index contributed by atoms with van der Waals surface area (Å²) in [7, 11) is 4.11. The Bertz CT molecular complexity index is 141. The highest BCUT2D eigenvalue weighted by Crippen LogP contribution is 2.01. The molecule has 2 heteroatoms. The number of nitrogens with zero attached hydrogens (tertiary/aromatic N) is 1. The van der Waals surface area contributed by atoms with E-state index in [4.69, 9.17) is 0 Å². The molecule has 0 amide bonds. The summed E-state index contributed by atoms with van der Waals surface area (Å²) in [4.78, 5) is 2.33. The maximum atomic E-state index is 4.01. The minimum Gasteiger partial charge on any atom is -0.316 e. The van der Waals surface area contributed by atoms with E-state index in [1.165, 1.54) is 18.5 Å². The third kappa shape index (κ3) is 8.00. The van der Waals surface area contributed by atoms with Gasteiger partial charge in [0.1, 0.15) is 0 Å². The minimum absolute atomic E-state index is 0.792. The molecule has 0 aliphatic rings. The van der Waals surface area contributed by atoms with Crippen molar-refractivity contribution in [2.75, 3.05) is 33.7 Å². The van der Waals surface area contributed by atoms with Gasteiger partial charge in [-0.1, -0.05) is 20.4 Å². The number of likely N-dealkylation sites (N-methyl/N-ethyl adjacent to an activating group) is 2. The lowest BCUT2D eigenvalue weighted by Crippen LogP contribution is -2.26. The molecule has 78 valence electrons. The molecule has 0 bridgehead atoms. The second kappa shape index (κ2) is 7.10. The van der Waals surface area contributed by atoms with Crippen LogP contribution in [0.4, 0.5) is 0 Å². The van der Waals surface area contributed by atoms with E-state index < -0.39 is 0 Å². The zero-order valence-corrected chi connectivity index (χ0v) is 9.56. The van der Waals surface area contributed by atoms with Gasteiger partial charge in [0.25, 0.3) is 0 Å². The van der Waals surface area contributed by atoms with Gasteiger partial charge in [0.15, 0.2) is 0 Å². The van der Waals surface area contributed by atoms with Crippen LogP contribution in [0.15, 0.2) is 12.2 Å². The molecule has 0 aromatic rings. The Hall–Kier alpha value is -0.340. The lowest BCUT2D eigenvalue weighted by Gasteiger charge is -2.18. The molecule has 0 saturated heterocycles. The van der Waals surface area contributed by atoms with Crippen molar-refractivity contribution in [3.8, 4) is 0 Å². The Morgan fingerprint density at radius 2 is 2.08 bits per heavy atom. The van der Waals surface area contributed by atoms with Gasteiger partial charge in [-0.25, -0.2) is 0 Å². The highest BCUT2D eigenvalue weighted by Gasteiger charge is 2.01. The van der Waals surface area contributed by atoms with Gasteiger partial charge in [-0.15, -0.1) is 0 Å². The first-order chi connectivity index (χ1) is 6.06. The number of rotatable bonds is 7. The Labute approximate surface area is 83.0 Å². The summed E-state index contributed by atoms with van der Waals surface area (Å²) in [6.45, 7) is 11.6.